The van der Waals surface area contributed by atoms with Crippen molar-refractivity contribution in [3.8, 4) is 0 Å². The molecule has 0 saturated carbocycles. The van der Waals surface area contributed by atoms with E-state index in [2.05, 4.69) is 9.80 Å². The molecule has 20 heavy (non-hydrogen) atoms. The molecule has 1 aromatic rings. The lowest BCUT2D eigenvalue weighted by molar-refractivity contribution is -0.138. The van der Waals surface area contributed by atoms with E-state index in [1.54, 1.807) is 19.1 Å². The first-order valence-corrected chi connectivity index (χ1v) is 6.83. The van der Waals surface area contributed by atoms with Gasteiger partial charge in [-0.1, -0.05) is 17.7 Å². The fraction of sp³-hybridized carbons (Fsp3) is 0.600. The Morgan fingerprint density at radius 2 is 2.00 bits per heavy atom. The summed E-state index contributed by atoms with van der Waals surface area (Å²) < 4.78 is 39.2. The number of likely N-dealkylation sites (tertiary alicyclic amines) is 1. The van der Waals surface area contributed by atoms with Gasteiger partial charge in [-0.3, -0.25) is 4.90 Å². The van der Waals surface area contributed by atoms with E-state index >= 15 is 0 Å². The topological polar surface area (TPSA) is 6.48 Å². The maximum absolute atomic E-state index is 13.1. The number of hydrogen-bond donors (Lipinski definition) is 0. The monoisotopic (exact) mass is 286 g/mol. The Morgan fingerprint density at radius 3 is 2.55 bits per heavy atom. The highest BCUT2D eigenvalue weighted by molar-refractivity contribution is 5.33. The summed E-state index contributed by atoms with van der Waals surface area (Å²) in [6.07, 6.45) is -3.26. The number of rotatable bonds is 3. The minimum atomic E-state index is -4.28. The Kier molecular flexibility index (Phi) is 4.39. The normalized spacial score (nSPS) is 20.9. The summed E-state index contributed by atoms with van der Waals surface area (Å²) in [5.41, 5.74) is 0.530. The zero-order valence-corrected chi connectivity index (χ0v) is 12.2. The molecule has 0 radical (unpaired) electrons. The van der Waals surface area contributed by atoms with Crippen molar-refractivity contribution in [3.63, 3.8) is 0 Å². The van der Waals surface area contributed by atoms with Crippen LogP contribution in [-0.2, 0) is 12.7 Å². The van der Waals surface area contributed by atoms with Crippen LogP contribution in [0.1, 0.15) is 23.1 Å². The first-order chi connectivity index (χ1) is 9.27. The fourth-order valence-electron chi connectivity index (χ4n) is 2.71. The summed E-state index contributed by atoms with van der Waals surface area (Å²) in [6.45, 7) is 3.75. The highest BCUT2D eigenvalue weighted by Gasteiger charge is 2.34. The van der Waals surface area contributed by atoms with Crippen LogP contribution in [0, 0.1) is 6.92 Å². The van der Waals surface area contributed by atoms with Crippen LogP contribution in [0.4, 0.5) is 13.2 Å². The molecule has 0 N–H and O–H groups in total. The molecule has 0 bridgehead atoms. The lowest BCUT2D eigenvalue weighted by Gasteiger charge is -2.22. The number of nitrogens with zero attached hydrogens (tertiary/aromatic N) is 2. The fourth-order valence-corrected chi connectivity index (χ4v) is 2.71. The molecule has 0 aromatic heterocycles. The first kappa shape index (κ1) is 15.3. The molecule has 0 spiro atoms. The molecule has 1 aliphatic heterocycles. The van der Waals surface area contributed by atoms with Gasteiger partial charge in [0.1, 0.15) is 0 Å². The van der Waals surface area contributed by atoms with Crippen molar-refractivity contribution in [2.45, 2.75) is 32.1 Å². The zero-order chi connectivity index (χ0) is 14.9. The van der Waals surface area contributed by atoms with Gasteiger partial charge in [0, 0.05) is 25.7 Å². The van der Waals surface area contributed by atoms with E-state index in [-0.39, 0.29) is 0 Å². The quantitative estimate of drug-likeness (QED) is 0.842. The van der Waals surface area contributed by atoms with E-state index in [0.29, 0.717) is 23.7 Å². The van der Waals surface area contributed by atoms with Crippen LogP contribution in [0.5, 0.6) is 0 Å². The Bertz CT molecular complexity index is 469. The van der Waals surface area contributed by atoms with Crippen molar-refractivity contribution in [1.29, 1.82) is 0 Å². The van der Waals surface area contributed by atoms with Gasteiger partial charge in [-0.05, 0) is 39.1 Å². The van der Waals surface area contributed by atoms with E-state index in [1.807, 2.05) is 14.1 Å². The van der Waals surface area contributed by atoms with Crippen molar-refractivity contribution in [3.05, 3.63) is 34.9 Å². The van der Waals surface area contributed by atoms with Gasteiger partial charge in [-0.2, -0.15) is 13.2 Å². The van der Waals surface area contributed by atoms with E-state index < -0.39 is 11.7 Å². The van der Waals surface area contributed by atoms with Gasteiger partial charge in [0.25, 0.3) is 0 Å². The predicted molar refractivity (Wildman–Crippen MR) is 73.6 cm³/mol. The van der Waals surface area contributed by atoms with Crippen molar-refractivity contribution >= 4 is 0 Å². The molecular weight excluding hydrogens is 265 g/mol. The van der Waals surface area contributed by atoms with Gasteiger partial charge < -0.3 is 4.90 Å². The summed E-state index contributed by atoms with van der Waals surface area (Å²) in [5.74, 6) is 0. The molecular formula is C15H21F3N2. The number of benzene rings is 1. The third kappa shape index (κ3) is 3.52. The van der Waals surface area contributed by atoms with Gasteiger partial charge in [-0.15, -0.1) is 0 Å². The number of halogens is 3. The standard InChI is InChI=1S/C15H21F3N2/c1-11-4-5-12(14(8-11)15(16,17)18)9-20-7-6-13(10-20)19(2)3/h4-5,8,13H,6-7,9-10H2,1-3H3. The molecule has 1 heterocycles. The maximum Gasteiger partial charge on any atom is 0.416 e. The number of aryl methyl sites for hydroxylation is 1. The zero-order valence-electron chi connectivity index (χ0n) is 12.2. The lowest BCUT2D eigenvalue weighted by atomic mass is 10.0. The largest absolute Gasteiger partial charge is 0.416 e. The van der Waals surface area contributed by atoms with Crippen LogP contribution in [0.25, 0.3) is 0 Å². The molecule has 1 unspecified atom stereocenters. The summed E-state index contributed by atoms with van der Waals surface area (Å²) in [4.78, 5) is 4.24. The minimum absolute atomic E-state index is 0.374. The van der Waals surface area contributed by atoms with Crippen LogP contribution in [0.15, 0.2) is 18.2 Å². The third-order valence-corrected chi connectivity index (χ3v) is 3.94. The van der Waals surface area contributed by atoms with Crippen molar-refractivity contribution in [2.75, 3.05) is 27.2 Å². The van der Waals surface area contributed by atoms with Gasteiger partial charge in [0.05, 0.1) is 5.56 Å². The lowest BCUT2D eigenvalue weighted by Crippen LogP contribution is -2.31. The van der Waals surface area contributed by atoms with Gasteiger partial charge in [0.2, 0.25) is 0 Å². The SMILES string of the molecule is Cc1ccc(CN2CCC(N(C)C)C2)c(C(F)(F)F)c1. The molecule has 0 aliphatic carbocycles. The molecule has 1 aliphatic rings. The van der Waals surface area contributed by atoms with Crippen LogP contribution < -0.4 is 0 Å². The molecule has 1 aromatic carbocycles. The number of hydrogen-bond acceptors (Lipinski definition) is 2. The molecule has 112 valence electrons. The Hall–Kier alpha value is -1.07. The van der Waals surface area contributed by atoms with Crippen LogP contribution in [0.3, 0.4) is 0 Å². The second-order valence-electron chi connectivity index (χ2n) is 5.80. The molecule has 2 rings (SSSR count). The van der Waals surface area contributed by atoms with Crippen molar-refractivity contribution in [1.82, 2.24) is 9.80 Å². The van der Waals surface area contributed by atoms with Gasteiger partial charge >= 0.3 is 6.18 Å². The Labute approximate surface area is 118 Å². The average molecular weight is 286 g/mol. The van der Waals surface area contributed by atoms with Crippen molar-refractivity contribution < 1.29 is 13.2 Å². The predicted octanol–water partition coefficient (Wildman–Crippen LogP) is 3.15. The van der Waals surface area contributed by atoms with E-state index in [9.17, 15) is 13.2 Å². The van der Waals surface area contributed by atoms with E-state index in [0.717, 1.165) is 19.5 Å². The van der Waals surface area contributed by atoms with E-state index in [4.69, 9.17) is 0 Å². The highest BCUT2D eigenvalue weighted by Crippen LogP contribution is 2.33. The van der Waals surface area contributed by atoms with Crippen LogP contribution in [-0.4, -0.2) is 43.0 Å². The second-order valence-corrected chi connectivity index (χ2v) is 5.80. The number of alkyl halides is 3. The summed E-state index contributed by atoms with van der Waals surface area (Å²) in [6, 6.07) is 5.05. The van der Waals surface area contributed by atoms with Crippen LogP contribution in [0.2, 0.25) is 0 Å². The smallest absolute Gasteiger partial charge is 0.305 e. The summed E-state index contributed by atoms with van der Waals surface area (Å²) >= 11 is 0. The molecule has 5 heteroatoms. The highest BCUT2D eigenvalue weighted by atomic mass is 19.4. The van der Waals surface area contributed by atoms with E-state index in [1.165, 1.54) is 6.07 Å². The summed E-state index contributed by atoms with van der Waals surface area (Å²) in [7, 11) is 4.03. The Morgan fingerprint density at radius 1 is 1.30 bits per heavy atom. The second kappa shape index (κ2) is 5.74. The van der Waals surface area contributed by atoms with Gasteiger partial charge in [-0.25, -0.2) is 0 Å². The Balaban J connectivity index is 2.14. The average Bonchev–Trinajstić information content (AvgIpc) is 2.79. The number of likely N-dealkylation sites (N-methyl/N-ethyl adjacent to an activating group) is 1. The summed E-state index contributed by atoms with van der Waals surface area (Å²) in [5, 5.41) is 0. The molecule has 1 fully saturated rings. The molecule has 1 atom stereocenters. The van der Waals surface area contributed by atoms with Crippen molar-refractivity contribution in [2.24, 2.45) is 0 Å². The maximum atomic E-state index is 13.1. The molecule has 1 saturated heterocycles. The first-order valence-electron chi connectivity index (χ1n) is 6.83. The molecule has 0 amide bonds. The van der Waals surface area contributed by atoms with Crippen LogP contribution >= 0.6 is 0 Å². The third-order valence-electron chi connectivity index (χ3n) is 3.94. The van der Waals surface area contributed by atoms with Gasteiger partial charge in [0.15, 0.2) is 0 Å². The minimum Gasteiger partial charge on any atom is -0.305 e. The molecule has 2 nitrogen and oxygen atoms in total.